The van der Waals surface area contributed by atoms with Crippen molar-refractivity contribution in [2.24, 2.45) is 0 Å². The fourth-order valence-corrected chi connectivity index (χ4v) is 2.42. The number of benzene rings is 2. The summed E-state index contributed by atoms with van der Waals surface area (Å²) in [6.45, 7) is 0. The first-order valence-corrected chi connectivity index (χ1v) is 7.03. The summed E-state index contributed by atoms with van der Waals surface area (Å²) in [6, 6.07) is 14.0. The molecule has 0 atom stereocenters. The number of anilines is 1. The van der Waals surface area contributed by atoms with Crippen LogP contribution in [-0.4, -0.2) is 16.1 Å². The van der Waals surface area contributed by atoms with Gasteiger partial charge in [0.15, 0.2) is 0 Å². The van der Waals surface area contributed by atoms with Crippen molar-refractivity contribution in [3.63, 3.8) is 0 Å². The minimum Gasteiger partial charge on any atom is -0.326 e. The van der Waals surface area contributed by atoms with Crippen LogP contribution >= 0.6 is 11.6 Å². The van der Waals surface area contributed by atoms with Crippen molar-refractivity contribution in [1.82, 2.24) is 10.2 Å². The van der Waals surface area contributed by atoms with Gasteiger partial charge in [-0.05, 0) is 24.3 Å². The van der Waals surface area contributed by atoms with Gasteiger partial charge in [-0.25, -0.2) is 5.10 Å². The van der Waals surface area contributed by atoms with Crippen molar-refractivity contribution in [3.8, 4) is 0 Å². The number of aromatic nitrogens is 2. The highest BCUT2D eigenvalue weighted by atomic mass is 35.5. The van der Waals surface area contributed by atoms with Crippen LogP contribution in [0.4, 0.5) is 5.69 Å². The average Bonchev–Trinajstić information content (AvgIpc) is 2.50. The molecule has 3 aromatic rings. The maximum atomic E-state index is 12.1. The molecule has 110 valence electrons. The zero-order valence-electron chi connectivity index (χ0n) is 11.5. The van der Waals surface area contributed by atoms with Crippen LogP contribution in [0.2, 0.25) is 5.02 Å². The average molecular weight is 314 g/mol. The topological polar surface area (TPSA) is 74.8 Å². The molecular formula is C16H12ClN3O2. The van der Waals surface area contributed by atoms with E-state index in [4.69, 9.17) is 11.6 Å². The van der Waals surface area contributed by atoms with Gasteiger partial charge in [-0.15, -0.1) is 0 Å². The molecule has 6 heteroatoms. The van der Waals surface area contributed by atoms with Crippen molar-refractivity contribution in [2.45, 2.75) is 6.42 Å². The molecule has 0 aliphatic heterocycles. The largest absolute Gasteiger partial charge is 0.326 e. The summed E-state index contributed by atoms with van der Waals surface area (Å²) in [4.78, 5) is 23.8. The Morgan fingerprint density at radius 3 is 2.68 bits per heavy atom. The van der Waals surface area contributed by atoms with Crippen molar-refractivity contribution in [2.75, 3.05) is 5.32 Å². The van der Waals surface area contributed by atoms with Gasteiger partial charge < -0.3 is 5.32 Å². The molecule has 0 aliphatic rings. The second kappa shape index (κ2) is 5.99. The number of halogens is 1. The van der Waals surface area contributed by atoms with E-state index in [0.29, 0.717) is 27.2 Å². The zero-order chi connectivity index (χ0) is 15.5. The standard InChI is InChI=1S/C16H12ClN3O2/c17-10-4-3-5-11(8-10)18-15(21)9-14-12-6-1-2-7-13(12)16(22)20-19-14/h1-8H,9H2,(H,18,21)(H,20,22). The number of H-pyrrole nitrogens is 1. The minimum atomic E-state index is -0.269. The molecular weight excluding hydrogens is 302 g/mol. The van der Waals surface area contributed by atoms with Crippen LogP contribution in [0.3, 0.4) is 0 Å². The third-order valence-electron chi connectivity index (χ3n) is 3.21. The van der Waals surface area contributed by atoms with E-state index in [1.54, 1.807) is 42.5 Å². The molecule has 0 aliphatic carbocycles. The van der Waals surface area contributed by atoms with Gasteiger partial charge in [0.25, 0.3) is 5.56 Å². The van der Waals surface area contributed by atoms with E-state index in [1.807, 2.05) is 6.07 Å². The molecule has 0 spiro atoms. The second-order valence-electron chi connectivity index (χ2n) is 4.78. The summed E-state index contributed by atoms with van der Waals surface area (Å²) < 4.78 is 0. The number of nitrogens with one attached hydrogen (secondary N) is 2. The maximum Gasteiger partial charge on any atom is 0.272 e. The lowest BCUT2D eigenvalue weighted by atomic mass is 10.1. The van der Waals surface area contributed by atoms with Gasteiger partial charge in [0.2, 0.25) is 5.91 Å². The second-order valence-corrected chi connectivity index (χ2v) is 5.22. The van der Waals surface area contributed by atoms with Crippen molar-refractivity contribution >= 4 is 34.0 Å². The van der Waals surface area contributed by atoms with Crippen LogP contribution in [0.25, 0.3) is 10.8 Å². The summed E-state index contributed by atoms with van der Waals surface area (Å²) in [5.41, 5.74) is 0.871. The van der Waals surface area contributed by atoms with E-state index in [9.17, 15) is 9.59 Å². The molecule has 0 fully saturated rings. The SMILES string of the molecule is O=C(Cc1n[nH]c(=O)c2ccccc12)Nc1cccc(Cl)c1. The van der Waals surface area contributed by atoms with Gasteiger partial charge in [-0.3, -0.25) is 9.59 Å². The molecule has 1 aromatic heterocycles. The summed E-state index contributed by atoms with van der Waals surface area (Å²) >= 11 is 5.88. The Balaban J connectivity index is 1.86. The van der Waals surface area contributed by atoms with E-state index < -0.39 is 0 Å². The van der Waals surface area contributed by atoms with Crippen LogP contribution in [0.5, 0.6) is 0 Å². The number of hydrogen-bond donors (Lipinski definition) is 2. The first-order chi connectivity index (χ1) is 10.6. The molecule has 1 amide bonds. The third-order valence-corrected chi connectivity index (χ3v) is 3.45. The lowest BCUT2D eigenvalue weighted by molar-refractivity contribution is -0.115. The zero-order valence-corrected chi connectivity index (χ0v) is 12.2. The van der Waals surface area contributed by atoms with E-state index in [-0.39, 0.29) is 17.9 Å². The Morgan fingerprint density at radius 1 is 1.14 bits per heavy atom. The van der Waals surface area contributed by atoms with Crippen LogP contribution in [0, 0.1) is 0 Å². The van der Waals surface area contributed by atoms with Gasteiger partial charge in [0, 0.05) is 16.1 Å². The van der Waals surface area contributed by atoms with E-state index in [0.717, 1.165) is 0 Å². The van der Waals surface area contributed by atoms with Gasteiger partial charge >= 0.3 is 0 Å². The lowest BCUT2D eigenvalue weighted by Crippen LogP contribution is -2.18. The number of amides is 1. The molecule has 2 aromatic carbocycles. The molecule has 3 rings (SSSR count). The first kappa shape index (κ1) is 14.3. The molecule has 0 unspecified atom stereocenters. The minimum absolute atomic E-state index is 0.0593. The highest BCUT2D eigenvalue weighted by Gasteiger charge is 2.11. The predicted octanol–water partition coefficient (Wildman–Crippen LogP) is 2.76. The number of nitrogens with zero attached hydrogens (tertiary/aromatic N) is 1. The van der Waals surface area contributed by atoms with Crippen molar-refractivity contribution in [3.05, 3.63) is 69.6 Å². The Hall–Kier alpha value is -2.66. The van der Waals surface area contributed by atoms with E-state index in [1.165, 1.54) is 0 Å². The lowest BCUT2D eigenvalue weighted by Gasteiger charge is -2.07. The Morgan fingerprint density at radius 2 is 1.91 bits per heavy atom. The number of fused-ring (bicyclic) bond motifs is 1. The first-order valence-electron chi connectivity index (χ1n) is 6.65. The number of aromatic amines is 1. The smallest absolute Gasteiger partial charge is 0.272 e. The summed E-state index contributed by atoms with van der Waals surface area (Å²) in [5.74, 6) is -0.230. The van der Waals surface area contributed by atoms with E-state index >= 15 is 0 Å². The van der Waals surface area contributed by atoms with Gasteiger partial charge in [0.1, 0.15) is 0 Å². The van der Waals surface area contributed by atoms with E-state index in [2.05, 4.69) is 15.5 Å². The van der Waals surface area contributed by atoms with Crippen molar-refractivity contribution < 1.29 is 4.79 Å². The number of carbonyl (C=O) groups is 1. The molecule has 1 heterocycles. The fourth-order valence-electron chi connectivity index (χ4n) is 2.23. The summed E-state index contributed by atoms with van der Waals surface area (Å²) in [6.07, 6.45) is 0.0593. The summed E-state index contributed by atoms with van der Waals surface area (Å²) in [5, 5.41) is 10.9. The highest BCUT2D eigenvalue weighted by molar-refractivity contribution is 6.30. The van der Waals surface area contributed by atoms with Gasteiger partial charge in [-0.1, -0.05) is 35.9 Å². The normalized spacial score (nSPS) is 10.6. The molecule has 2 N–H and O–H groups in total. The van der Waals surface area contributed by atoms with Crippen LogP contribution in [-0.2, 0) is 11.2 Å². The van der Waals surface area contributed by atoms with Gasteiger partial charge in [-0.2, -0.15) is 5.10 Å². The van der Waals surface area contributed by atoms with Crippen LogP contribution < -0.4 is 10.9 Å². The van der Waals surface area contributed by atoms with Crippen molar-refractivity contribution in [1.29, 1.82) is 0 Å². The quantitative estimate of drug-likeness (QED) is 0.780. The molecule has 0 saturated carbocycles. The summed E-state index contributed by atoms with van der Waals surface area (Å²) in [7, 11) is 0. The molecule has 22 heavy (non-hydrogen) atoms. The van der Waals surface area contributed by atoms with Gasteiger partial charge in [0.05, 0.1) is 17.5 Å². The monoisotopic (exact) mass is 313 g/mol. The Labute approximate surface area is 130 Å². The van der Waals surface area contributed by atoms with Crippen LogP contribution in [0.15, 0.2) is 53.3 Å². The number of hydrogen-bond acceptors (Lipinski definition) is 3. The van der Waals surface area contributed by atoms with Crippen LogP contribution in [0.1, 0.15) is 5.69 Å². The molecule has 0 saturated heterocycles. The third kappa shape index (κ3) is 2.99. The Kier molecular flexibility index (Phi) is 3.89. The maximum absolute atomic E-state index is 12.1. The molecule has 0 radical (unpaired) electrons. The molecule has 0 bridgehead atoms. The predicted molar refractivity (Wildman–Crippen MR) is 86.1 cm³/mol. The number of rotatable bonds is 3. The highest BCUT2D eigenvalue weighted by Crippen LogP contribution is 2.16. The fraction of sp³-hybridized carbons (Fsp3) is 0.0625. The Bertz CT molecular complexity index is 905. The number of carbonyl (C=O) groups excluding carboxylic acids is 1. The molecule has 5 nitrogen and oxygen atoms in total.